The number of ether oxygens (including phenoxy) is 1. The molecule has 0 fully saturated rings. The highest BCUT2D eigenvalue weighted by molar-refractivity contribution is 5.27. The minimum absolute atomic E-state index is 0.416. The lowest BCUT2D eigenvalue weighted by molar-refractivity contribution is 0.171. The molecule has 0 spiro atoms. The maximum Gasteiger partial charge on any atom is 0.118 e. The number of hydrogen-bond acceptors (Lipinski definition) is 3. The quantitative estimate of drug-likeness (QED) is 0.864. The highest BCUT2D eigenvalue weighted by Crippen LogP contribution is 2.14. The Hall–Kier alpha value is -1.81. The van der Waals surface area contributed by atoms with Gasteiger partial charge in [0.25, 0.3) is 0 Å². The number of nitrogens with zero attached hydrogens (tertiary/aromatic N) is 2. The van der Waals surface area contributed by atoms with Crippen molar-refractivity contribution in [1.29, 1.82) is 0 Å². The molecule has 19 heavy (non-hydrogen) atoms. The van der Waals surface area contributed by atoms with Crippen LogP contribution in [0.15, 0.2) is 36.7 Å². The molecular weight excluding hydrogens is 240 g/mol. The number of aliphatic hydroxyl groups excluding tert-OH is 1. The molecular formula is C15H20N2O2. The van der Waals surface area contributed by atoms with Crippen LogP contribution in [-0.2, 0) is 19.4 Å². The van der Waals surface area contributed by atoms with E-state index in [0.29, 0.717) is 12.8 Å². The Bertz CT molecular complexity index is 505. The van der Waals surface area contributed by atoms with Gasteiger partial charge in [-0.1, -0.05) is 12.1 Å². The largest absolute Gasteiger partial charge is 0.497 e. The summed E-state index contributed by atoms with van der Waals surface area (Å²) in [5.74, 6) is 1.77. The Morgan fingerprint density at radius 1 is 1.26 bits per heavy atom. The summed E-state index contributed by atoms with van der Waals surface area (Å²) in [5.41, 5.74) is 1.10. The summed E-state index contributed by atoms with van der Waals surface area (Å²) in [5, 5.41) is 10.1. The first-order valence-electron chi connectivity index (χ1n) is 6.54. The molecule has 1 aromatic carbocycles. The smallest absolute Gasteiger partial charge is 0.118 e. The zero-order chi connectivity index (χ0) is 13.7. The van der Waals surface area contributed by atoms with E-state index in [1.165, 1.54) is 0 Å². The maximum atomic E-state index is 10.1. The van der Waals surface area contributed by atoms with E-state index in [1.807, 2.05) is 30.5 Å². The molecule has 2 rings (SSSR count). The molecule has 0 saturated carbocycles. The van der Waals surface area contributed by atoms with Gasteiger partial charge in [-0.15, -0.1) is 0 Å². The topological polar surface area (TPSA) is 47.3 Å². The minimum atomic E-state index is -0.416. The van der Waals surface area contributed by atoms with Crippen LogP contribution in [0.1, 0.15) is 18.3 Å². The summed E-state index contributed by atoms with van der Waals surface area (Å²) >= 11 is 0. The summed E-state index contributed by atoms with van der Waals surface area (Å²) in [6.07, 6.45) is 4.50. The fourth-order valence-electron chi connectivity index (χ4n) is 2.13. The van der Waals surface area contributed by atoms with Crippen LogP contribution in [-0.4, -0.2) is 27.9 Å². The van der Waals surface area contributed by atoms with Gasteiger partial charge < -0.3 is 14.4 Å². The number of hydrogen-bond donors (Lipinski definition) is 1. The third-order valence-electron chi connectivity index (χ3n) is 3.19. The molecule has 4 heteroatoms. The van der Waals surface area contributed by atoms with E-state index >= 15 is 0 Å². The lowest BCUT2D eigenvalue weighted by atomic mass is 10.1. The minimum Gasteiger partial charge on any atom is -0.497 e. The van der Waals surface area contributed by atoms with Crippen molar-refractivity contribution in [2.45, 2.75) is 32.4 Å². The lowest BCUT2D eigenvalue weighted by Crippen LogP contribution is -2.17. The molecule has 0 saturated heterocycles. The zero-order valence-corrected chi connectivity index (χ0v) is 11.4. The van der Waals surface area contributed by atoms with Gasteiger partial charge in [-0.05, 0) is 31.0 Å². The van der Waals surface area contributed by atoms with Crippen molar-refractivity contribution >= 4 is 0 Å². The van der Waals surface area contributed by atoms with Crippen molar-refractivity contribution in [3.63, 3.8) is 0 Å². The van der Waals surface area contributed by atoms with E-state index in [2.05, 4.69) is 16.5 Å². The van der Waals surface area contributed by atoms with Gasteiger partial charge in [0.15, 0.2) is 0 Å². The Kier molecular flexibility index (Phi) is 4.58. The van der Waals surface area contributed by atoms with Crippen molar-refractivity contribution < 1.29 is 9.84 Å². The normalized spacial score (nSPS) is 12.4. The predicted octanol–water partition coefficient (Wildman–Crippen LogP) is 2.06. The first kappa shape index (κ1) is 13.6. The number of aromatic nitrogens is 2. The van der Waals surface area contributed by atoms with Crippen LogP contribution in [0.5, 0.6) is 5.75 Å². The highest BCUT2D eigenvalue weighted by Gasteiger charge is 2.10. The SMILES string of the molecule is CCn1ccnc1CC(O)Cc1ccc(OC)cc1. The first-order chi connectivity index (χ1) is 9.22. The Morgan fingerprint density at radius 2 is 2.00 bits per heavy atom. The van der Waals surface area contributed by atoms with Gasteiger partial charge in [0.05, 0.1) is 13.2 Å². The second-order valence-corrected chi connectivity index (χ2v) is 4.54. The summed E-state index contributed by atoms with van der Waals surface area (Å²) in [4.78, 5) is 4.28. The van der Waals surface area contributed by atoms with Gasteiger partial charge >= 0.3 is 0 Å². The van der Waals surface area contributed by atoms with Gasteiger partial charge in [0, 0.05) is 25.4 Å². The number of aliphatic hydroxyl groups is 1. The van der Waals surface area contributed by atoms with Gasteiger partial charge in [-0.25, -0.2) is 4.98 Å². The molecule has 102 valence electrons. The van der Waals surface area contributed by atoms with E-state index in [-0.39, 0.29) is 0 Å². The van der Waals surface area contributed by atoms with Crippen molar-refractivity contribution in [3.05, 3.63) is 48.0 Å². The van der Waals surface area contributed by atoms with Gasteiger partial charge in [-0.3, -0.25) is 0 Å². The molecule has 0 bridgehead atoms. The molecule has 1 aromatic heterocycles. The molecule has 1 N–H and O–H groups in total. The molecule has 1 heterocycles. The maximum absolute atomic E-state index is 10.1. The van der Waals surface area contributed by atoms with Crippen LogP contribution >= 0.6 is 0 Å². The van der Waals surface area contributed by atoms with E-state index in [4.69, 9.17) is 4.74 Å². The second kappa shape index (κ2) is 6.38. The van der Waals surface area contributed by atoms with Crippen LogP contribution in [0.3, 0.4) is 0 Å². The third kappa shape index (κ3) is 3.58. The molecule has 1 unspecified atom stereocenters. The molecule has 0 aliphatic carbocycles. The van der Waals surface area contributed by atoms with E-state index < -0.39 is 6.10 Å². The zero-order valence-electron chi connectivity index (χ0n) is 11.4. The molecule has 0 amide bonds. The Morgan fingerprint density at radius 3 is 2.63 bits per heavy atom. The van der Waals surface area contributed by atoms with Crippen molar-refractivity contribution in [2.24, 2.45) is 0 Å². The average molecular weight is 260 g/mol. The van der Waals surface area contributed by atoms with E-state index in [1.54, 1.807) is 13.3 Å². The van der Waals surface area contributed by atoms with Crippen molar-refractivity contribution in [3.8, 4) is 5.75 Å². The average Bonchev–Trinajstić information content (AvgIpc) is 2.86. The number of aryl methyl sites for hydroxylation is 1. The highest BCUT2D eigenvalue weighted by atomic mass is 16.5. The number of rotatable bonds is 6. The van der Waals surface area contributed by atoms with Gasteiger partial charge in [-0.2, -0.15) is 0 Å². The summed E-state index contributed by atoms with van der Waals surface area (Å²) in [6.45, 7) is 2.95. The molecule has 0 aliphatic heterocycles. The van der Waals surface area contributed by atoms with Crippen LogP contribution in [0, 0.1) is 0 Å². The number of imidazole rings is 1. The summed E-state index contributed by atoms with van der Waals surface area (Å²) < 4.78 is 7.17. The van der Waals surface area contributed by atoms with Gasteiger partial charge in [0.1, 0.15) is 11.6 Å². The predicted molar refractivity (Wildman–Crippen MR) is 74.3 cm³/mol. The van der Waals surface area contributed by atoms with Crippen LogP contribution < -0.4 is 4.74 Å². The van der Waals surface area contributed by atoms with Crippen LogP contribution in [0.2, 0.25) is 0 Å². The third-order valence-corrected chi connectivity index (χ3v) is 3.19. The van der Waals surface area contributed by atoms with E-state index in [9.17, 15) is 5.11 Å². The van der Waals surface area contributed by atoms with Crippen molar-refractivity contribution in [2.75, 3.05) is 7.11 Å². The Labute approximate surface area is 113 Å². The monoisotopic (exact) mass is 260 g/mol. The summed E-state index contributed by atoms with van der Waals surface area (Å²) in [6, 6.07) is 7.78. The standard InChI is InChI=1S/C15H20N2O2/c1-3-17-9-8-16-15(17)11-13(18)10-12-4-6-14(19-2)7-5-12/h4-9,13,18H,3,10-11H2,1-2H3. The van der Waals surface area contributed by atoms with E-state index in [0.717, 1.165) is 23.7 Å². The molecule has 2 aromatic rings. The number of methoxy groups -OCH3 is 1. The Balaban J connectivity index is 1.95. The lowest BCUT2D eigenvalue weighted by Gasteiger charge is -2.12. The van der Waals surface area contributed by atoms with Gasteiger partial charge in [0.2, 0.25) is 0 Å². The molecule has 0 aliphatic rings. The van der Waals surface area contributed by atoms with Crippen LogP contribution in [0.25, 0.3) is 0 Å². The molecule has 0 radical (unpaired) electrons. The summed E-state index contributed by atoms with van der Waals surface area (Å²) in [7, 11) is 1.65. The molecule has 1 atom stereocenters. The number of benzene rings is 1. The first-order valence-corrected chi connectivity index (χ1v) is 6.54. The molecule has 4 nitrogen and oxygen atoms in total. The fourth-order valence-corrected chi connectivity index (χ4v) is 2.13. The second-order valence-electron chi connectivity index (χ2n) is 4.54. The van der Waals surface area contributed by atoms with Crippen LogP contribution in [0.4, 0.5) is 0 Å². The fraction of sp³-hybridized carbons (Fsp3) is 0.400. The van der Waals surface area contributed by atoms with Crippen molar-refractivity contribution in [1.82, 2.24) is 9.55 Å².